The quantitative estimate of drug-likeness (QED) is 0.630. The number of carbonyl (C=O) groups excluding carboxylic acids is 1. The molecule has 13 heavy (non-hydrogen) atoms. The predicted octanol–water partition coefficient (Wildman–Crippen LogP) is 1.75. The first kappa shape index (κ1) is 10.7. The van der Waals surface area contributed by atoms with Gasteiger partial charge in [-0.1, -0.05) is 6.92 Å². The molecule has 76 valence electrons. The summed E-state index contributed by atoms with van der Waals surface area (Å²) in [5.41, 5.74) is 0. The largest absolute Gasteiger partial charge is 0.350 e. The second-order valence-electron chi connectivity index (χ2n) is 3.94. The van der Waals surface area contributed by atoms with Crippen molar-refractivity contribution in [2.45, 2.75) is 45.5 Å². The van der Waals surface area contributed by atoms with E-state index in [2.05, 4.69) is 6.92 Å². The first-order valence-corrected chi connectivity index (χ1v) is 4.84. The Labute approximate surface area is 79.4 Å². The molecule has 0 aromatic carbocycles. The minimum Gasteiger partial charge on any atom is -0.350 e. The van der Waals surface area contributed by atoms with Crippen LogP contribution in [0, 0.1) is 5.92 Å². The van der Waals surface area contributed by atoms with Gasteiger partial charge in [-0.15, -0.1) is 0 Å². The molecule has 0 aromatic heterocycles. The molecule has 0 aliphatic carbocycles. The van der Waals surface area contributed by atoms with Crippen molar-refractivity contribution in [2.24, 2.45) is 5.92 Å². The van der Waals surface area contributed by atoms with Gasteiger partial charge in [-0.3, -0.25) is 0 Å². The zero-order valence-corrected chi connectivity index (χ0v) is 8.58. The smallest absolute Gasteiger partial charge is 0.163 e. The molecular formula is C10H18O3. The average molecular weight is 186 g/mol. The van der Waals surface area contributed by atoms with Gasteiger partial charge in [0.2, 0.25) is 0 Å². The summed E-state index contributed by atoms with van der Waals surface area (Å²) < 4.78 is 11.2. The molecule has 1 rings (SSSR count). The molecule has 2 unspecified atom stereocenters. The fourth-order valence-electron chi connectivity index (χ4n) is 1.63. The first-order valence-electron chi connectivity index (χ1n) is 4.84. The third-order valence-electron chi connectivity index (χ3n) is 2.46. The molecule has 2 atom stereocenters. The fourth-order valence-corrected chi connectivity index (χ4v) is 1.63. The van der Waals surface area contributed by atoms with E-state index >= 15 is 0 Å². The highest BCUT2D eigenvalue weighted by Crippen LogP contribution is 2.29. The van der Waals surface area contributed by atoms with E-state index in [1.54, 1.807) is 0 Å². The number of carbonyl (C=O) groups is 1. The summed E-state index contributed by atoms with van der Waals surface area (Å²) in [6.45, 7) is 6.56. The van der Waals surface area contributed by atoms with E-state index in [9.17, 15) is 4.79 Å². The summed E-state index contributed by atoms with van der Waals surface area (Å²) in [5, 5.41) is 0. The Kier molecular flexibility index (Phi) is 3.45. The molecule has 3 heteroatoms. The number of ether oxygens (including phenoxy) is 2. The summed E-state index contributed by atoms with van der Waals surface area (Å²) in [5.74, 6) is -0.169. The molecule has 1 aliphatic rings. The van der Waals surface area contributed by atoms with Gasteiger partial charge in [0.15, 0.2) is 5.79 Å². The Morgan fingerprint density at radius 1 is 1.54 bits per heavy atom. The van der Waals surface area contributed by atoms with Crippen molar-refractivity contribution in [3.05, 3.63) is 0 Å². The van der Waals surface area contributed by atoms with Gasteiger partial charge >= 0.3 is 0 Å². The van der Waals surface area contributed by atoms with Crippen LogP contribution >= 0.6 is 0 Å². The monoisotopic (exact) mass is 186 g/mol. The molecular weight excluding hydrogens is 168 g/mol. The van der Waals surface area contributed by atoms with E-state index < -0.39 is 5.79 Å². The maximum absolute atomic E-state index is 10.4. The Hall–Kier alpha value is -0.410. The first-order chi connectivity index (χ1) is 6.09. The highest BCUT2D eigenvalue weighted by atomic mass is 16.7. The van der Waals surface area contributed by atoms with Gasteiger partial charge in [-0.05, 0) is 20.3 Å². The van der Waals surface area contributed by atoms with Crippen LogP contribution in [0.4, 0.5) is 0 Å². The number of aldehydes is 1. The number of rotatable bonds is 3. The summed E-state index contributed by atoms with van der Waals surface area (Å²) in [6, 6.07) is 0. The molecule has 0 saturated carbocycles. The molecule has 0 N–H and O–H groups in total. The van der Waals surface area contributed by atoms with Crippen molar-refractivity contribution in [1.29, 1.82) is 0 Å². The summed E-state index contributed by atoms with van der Waals surface area (Å²) in [7, 11) is 0. The van der Waals surface area contributed by atoms with Crippen LogP contribution in [0.3, 0.4) is 0 Å². The van der Waals surface area contributed by atoms with Crippen LogP contribution < -0.4 is 0 Å². The molecule has 0 spiro atoms. The van der Waals surface area contributed by atoms with Crippen molar-refractivity contribution in [2.75, 3.05) is 6.61 Å². The molecule has 1 fully saturated rings. The van der Waals surface area contributed by atoms with E-state index in [0.717, 1.165) is 12.7 Å². The standard InChI is InChI=1S/C10H18O3/c1-4-8-7-12-10(2,3)13-9(8)5-6-11/h6,8-9H,4-5,7H2,1-3H3. The van der Waals surface area contributed by atoms with E-state index in [1.807, 2.05) is 13.8 Å². The van der Waals surface area contributed by atoms with E-state index in [-0.39, 0.29) is 6.10 Å². The molecule has 1 aliphatic heterocycles. The Morgan fingerprint density at radius 2 is 2.23 bits per heavy atom. The Morgan fingerprint density at radius 3 is 2.77 bits per heavy atom. The van der Waals surface area contributed by atoms with Crippen molar-refractivity contribution in [3.63, 3.8) is 0 Å². The van der Waals surface area contributed by atoms with E-state index in [4.69, 9.17) is 9.47 Å². The lowest BCUT2D eigenvalue weighted by Gasteiger charge is -2.40. The van der Waals surface area contributed by atoms with Gasteiger partial charge in [-0.25, -0.2) is 0 Å². The normalized spacial score (nSPS) is 32.8. The zero-order valence-electron chi connectivity index (χ0n) is 8.58. The van der Waals surface area contributed by atoms with Gasteiger partial charge in [-0.2, -0.15) is 0 Å². The van der Waals surface area contributed by atoms with Gasteiger partial charge in [0.05, 0.1) is 12.7 Å². The van der Waals surface area contributed by atoms with Crippen LogP contribution in [0.15, 0.2) is 0 Å². The maximum Gasteiger partial charge on any atom is 0.163 e. The second-order valence-corrected chi connectivity index (χ2v) is 3.94. The van der Waals surface area contributed by atoms with Gasteiger partial charge in [0.25, 0.3) is 0 Å². The lowest BCUT2D eigenvalue weighted by molar-refractivity contribution is -0.292. The van der Waals surface area contributed by atoms with E-state index in [0.29, 0.717) is 18.9 Å². The molecule has 0 bridgehead atoms. The second kappa shape index (κ2) is 4.20. The summed E-state index contributed by atoms with van der Waals surface area (Å²) in [4.78, 5) is 10.4. The predicted molar refractivity (Wildman–Crippen MR) is 49.4 cm³/mol. The Bertz CT molecular complexity index is 177. The Balaban J connectivity index is 2.57. The maximum atomic E-state index is 10.4. The lowest BCUT2D eigenvalue weighted by atomic mass is 9.96. The van der Waals surface area contributed by atoms with Crippen LogP contribution in [-0.4, -0.2) is 24.8 Å². The van der Waals surface area contributed by atoms with Crippen molar-refractivity contribution in [1.82, 2.24) is 0 Å². The summed E-state index contributed by atoms with van der Waals surface area (Å²) in [6.07, 6.45) is 2.43. The van der Waals surface area contributed by atoms with Crippen molar-refractivity contribution in [3.8, 4) is 0 Å². The van der Waals surface area contributed by atoms with Gasteiger partial charge in [0, 0.05) is 12.3 Å². The molecule has 1 saturated heterocycles. The highest BCUT2D eigenvalue weighted by Gasteiger charge is 2.34. The molecule has 1 heterocycles. The van der Waals surface area contributed by atoms with Crippen molar-refractivity contribution >= 4 is 6.29 Å². The SMILES string of the molecule is CCC1COC(C)(C)OC1CC=O. The van der Waals surface area contributed by atoms with Crippen molar-refractivity contribution < 1.29 is 14.3 Å². The molecule has 0 amide bonds. The average Bonchev–Trinajstić information content (AvgIpc) is 2.04. The van der Waals surface area contributed by atoms with Crippen LogP contribution in [0.1, 0.15) is 33.6 Å². The number of hydrogen-bond acceptors (Lipinski definition) is 3. The van der Waals surface area contributed by atoms with E-state index in [1.165, 1.54) is 0 Å². The van der Waals surface area contributed by atoms with Gasteiger partial charge in [0.1, 0.15) is 6.29 Å². The molecule has 3 nitrogen and oxygen atoms in total. The van der Waals surface area contributed by atoms with Crippen LogP contribution in [0.5, 0.6) is 0 Å². The minimum absolute atomic E-state index is 0.0336. The summed E-state index contributed by atoms with van der Waals surface area (Å²) >= 11 is 0. The zero-order chi connectivity index (χ0) is 9.90. The molecule has 0 radical (unpaired) electrons. The third-order valence-corrected chi connectivity index (χ3v) is 2.46. The van der Waals surface area contributed by atoms with Crippen LogP contribution in [-0.2, 0) is 14.3 Å². The minimum atomic E-state index is -0.528. The third kappa shape index (κ3) is 2.78. The van der Waals surface area contributed by atoms with Crippen LogP contribution in [0.2, 0.25) is 0 Å². The van der Waals surface area contributed by atoms with Gasteiger partial charge < -0.3 is 14.3 Å². The molecule has 0 aromatic rings. The lowest BCUT2D eigenvalue weighted by Crippen LogP contribution is -2.45. The highest BCUT2D eigenvalue weighted by molar-refractivity contribution is 5.50. The topological polar surface area (TPSA) is 35.5 Å². The number of hydrogen-bond donors (Lipinski definition) is 0. The van der Waals surface area contributed by atoms with Crippen LogP contribution in [0.25, 0.3) is 0 Å². The fraction of sp³-hybridized carbons (Fsp3) is 0.900.